The van der Waals surface area contributed by atoms with Gasteiger partial charge < -0.3 is 24.3 Å². The maximum atomic E-state index is 12.3. The van der Waals surface area contributed by atoms with Crippen LogP contribution in [-0.4, -0.2) is 30.8 Å². The lowest BCUT2D eigenvalue weighted by molar-refractivity contribution is 0.0525. The maximum Gasteiger partial charge on any atom is 0.342 e. The lowest BCUT2D eigenvalue weighted by Crippen LogP contribution is -2.22. The van der Waals surface area contributed by atoms with Crippen LogP contribution in [0.3, 0.4) is 0 Å². The quantitative estimate of drug-likeness (QED) is 0.739. The Hall–Kier alpha value is -1.73. The molecule has 0 aliphatic carbocycles. The Morgan fingerprint density at radius 3 is 2.74 bits per heavy atom. The summed E-state index contributed by atoms with van der Waals surface area (Å²) in [5, 5.41) is 14.0. The van der Waals surface area contributed by atoms with Gasteiger partial charge in [-0.3, -0.25) is 0 Å². The van der Waals surface area contributed by atoms with Crippen molar-refractivity contribution in [3.05, 3.63) is 21.9 Å². The molecule has 0 aliphatic rings. The molecule has 1 heterocycles. The van der Waals surface area contributed by atoms with Crippen LogP contribution in [-0.2, 0) is 11.3 Å². The first-order valence-corrected chi connectivity index (χ1v) is 8.11. The molecule has 23 heavy (non-hydrogen) atoms. The monoisotopic (exact) mass is 385 g/mol. The summed E-state index contributed by atoms with van der Waals surface area (Å²) in [5.41, 5.74) is 0.608. The molecule has 0 saturated carbocycles. The van der Waals surface area contributed by atoms with Crippen LogP contribution < -0.4 is 10.1 Å². The van der Waals surface area contributed by atoms with Gasteiger partial charge in [0.25, 0.3) is 0 Å². The van der Waals surface area contributed by atoms with Gasteiger partial charge in [0.15, 0.2) is 11.5 Å². The Morgan fingerprint density at radius 2 is 2.17 bits per heavy atom. The molecule has 0 spiro atoms. The first kappa shape index (κ1) is 17.6. The third-order valence-corrected chi connectivity index (χ3v) is 3.88. The molecule has 2 aromatic rings. The highest BCUT2D eigenvalue weighted by molar-refractivity contribution is 9.10. The molecule has 0 atom stereocenters. The number of phenols is 1. The Balaban J connectivity index is 2.67. The van der Waals surface area contributed by atoms with Crippen LogP contribution in [0, 0.1) is 0 Å². The second-order valence-electron chi connectivity index (χ2n) is 5.27. The number of halogens is 1. The topological polar surface area (TPSA) is 80.9 Å². The third-order valence-electron chi connectivity index (χ3n) is 3.29. The van der Waals surface area contributed by atoms with Gasteiger partial charge in [0.2, 0.25) is 0 Å². The number of nitrogens with one attached hydrogen (secondary N) is 1. The van der Waals surface area contributed by atoms with Crippen molar-refractivity contribution in [1.29, 1.82) is 0 Å². The van der Waals surface area contributed by atoms with Gasteiger partial charge in [-0.1, -0.05) is 13.8 Å². The van der Waals surface area contributed by atoms with Gasteiger partial charge in [0.05, 0.1) is 30.1 Å². The molecule has 2 N–H and O–H groups in total. The predicted molar refractivity (Wildman–Crippen MR) is 90.1 cm³/mol. The summed E-state index contributed by atoms with van der Waals surface area (Å²) >= 11 is 3.32. The van der Waals surface area contributed by atoms with Crippen molar-refractivity contribution < 1.29 is 23.8 Å². The SMILES string of the molecule is CCOC(=O)c1c(CNC(C)C)oc2cc(Br)c(OC)c(O)c12. The van der Waals surface area contributed by atoms with E-state index in [4.69, 9.17) is 13.9 Å². The van der Waals surface area contributed by atoms with Gasteiger partial charge in [-0.25, -0.2) is 4.79 Å². The number of ether oxygens (including phenoxy) is 2. The van der Waals surface area contributed by atoms with Crippen LogP contribution in [0.5, 0.6) is 11.5 Å². The fourth-order valence-corrected chi connectivity index (χ4v) is 2.83. The first-order valence-electron chi connectivity index (χ1n) is 7.32. The minimum atomic E-state index is -0.536. The first-order chi connectivity index (χ1) is 10.9. The molecule has 0 aliphatic heterocycles. The highest BCUT2D eigenvalue weighted by Gasteiger charge is 2.27. The Labute approximate surface area is 142 Å². The Bertz CT molecular complexity index is 723. The summed E-state index contributed by atoms with van der Waals surface area (Å²) < 4.78 is 16.6. The number of methoxy groups -OCH3 is 1. The predicted octanol–water partition coefficient (Wildman–Crippen LogP) is 3.58. The van der Waals surface area contributed by atoms with Crippen molar-refractivity contribution in [2.75, 3.05) is 13.7 Å². The van der Waals surface area contributed by atoms with Crippen molar-refractivity contribution in [2.24, 2.45) is 0 Å². The molecule has 1 aromatic heterocycles. The zero-order valence-corrected chi connectivity index (χ0v) is 15.1. The number of hydrogen-bond donors (Lipinski definition) is 2. The summed E-state index contributed by atoms with van der Waals surface area (Å²) in [5.74, 6) is -0.0271. The minimum absolute atomic E-state index is 0.153. The van der Waals surface area contributed by atoms with Crippen molar-refractivity contribution in [1.82, 2.24) is 5.32 Å². The molecule has 0 unspecified atom stereocenters. The summed E-state index contributed by atoms with van der Waals surface area (Å²) in [6.07, 6.45) is 0. The highest BCUT2D eigenvalue weighted by atomic mass is 79.9. The lowest BCUT2D eigenvalue weighted by atomic mass is 10.1. The van der Waals surface area contributed by atoms with Gasteiger partial charge >= 0.3 is 5.97 Å². The van der Waals surface area contributed by atoms with E-state index in [1.807, 2.05) is 13.8 Å². The molecule has 7 heteroatoms. The van der Waals surface area contributed by atoms with Crippen LogP contribution >= 0.6 is 15.9 Å². The Morgan fingerprint density at radius 1 is 1.48 bits per heavy atom. The number of carbonyl (C=O) groups is 1. The van der Waals surface area contributed by atoms with E-state index in [2.05, 4.69) is 21.2 Å². The molecular formula is C16H20BrNO5. The Kier molecular flexibility index (Phi) is 5.54. The second kappa shape index (κ2) is 7.23. The van der Waals surface area contributed by atoms with E-state index in [1.54, 1.807) is 13.0 Å². The highest BCUT2D eigenvalue weighted by Crippen LogP contribution is 2.44. The van der Waals surface area contributed by atoms with E-state index in [-0.39, 0.29) is 29.7 Å². The van der Waals surface area contributed by atoms with Crippen molar-refractivity contribution in [2.45, 2.75) is 33.4 Å². The standard InChI is InChI=1S/C16H20BrNO5/c1-5-22-16(20)13-11(7-18-8(2)3)23-10-6-9(17)15(21-4)14(19)12(10)13/h6,8,18-19H,5,7H2,1-4H3. The largest absolute Gasteiger partial charge is 0.504 e. The summed E-state index contributed by atoms with van der Waals surface area (Å²) in [4.78, 5) is 12.3. The van der Waals surface area contributed by atoms with Crippen molar-refractivity contribution in [3.8, 4) is 11.5 Å². The van der Waals surface area contributed by atoms with Crippen LogP contribution in [0.25, 0.3) is 11.0 Å². The number of rotatable bonds is 6. The number of esters is 1. The molecule has 126 valence electrons. The average molecular weight is 386 g/mol. The lowest BCUT2D eigenvalue weighted by Gasteiger charge is -2.09. The number of carbonyl (C=O) groups excluding carboxylic acids is 1. The van der Waals surface area contributed by atoms with E-state index in [9.17, 15) is 9.90 Å². The fourth-order valence-electron chi connectivity index (χ4n) is 2.28. The number of benzene rings is 1. The van der Waals surface area contributed by atoms with Crippen LogP contribution in [0.15, 0.2) is 15.0 Å². The van der Waals surface area contributed by atoms with E-state index >= 15 is 0 Å². The van der Waals surface area contributed by atoms with Gasteiger partial charge in [-0.2, -0.15) is 0 Å². The van der Waals surface area contributed by atoms with Gasteiger partial charge in [0, 0.05) is 6.04 Å². The van der Waals surface area contributed by atoms with Crippen molar-refractivity contribution >= 4 is 32.9 Å². The summed E-state index contributed by atoms with van der Waals surface area (Å²) in [6, 6.07) is 1.88. The molecule has 0 bridgehead atoms. The number of furan rings is 1. The zero-order valence-electron chi connectivity index (χ0n) is 13.5. The van der Waals surface area contributed by atoms with E-state index in [1.165, 1.54) is 7.11 Å². The van der Waals surface area contributed by atoms with Crippen LogP contribution in [0.4, 0.5) is 0 Å². The molecule has 6 nitrogen and oxygen atoms in total. The molecule has 0 radical (unpaired) electrons. The third kappa shape index (κ3) is 3.45. The molecule has 1 aromatic carbocycles. The second-order valence-corrected chi connectivity index (χ2v) is 6.12. The minimum Gasteiger partial charge on any atom is -0.504 e. The van der Waals surface area contributed by atoms with Crippen molar-refractivity contribution in [3.63, 3.8) is 0 Å². The summed E-state index contributed by atoms with van der Waals surface area (Å²) in [6.45, 7) is 6.29. The van der Waals surface area contributed by atoms with Gasteiger partial charge in [-0.15, -0.1) is 0 Å². The summed E-state index contributed by atoms with van der Waals surface area (Å²) in [7, 11) is 1.44. The molecular weight excluding hydrogens is 366 g/mol. The maximum absolute atomic E-state index is 12.3. The smallest absolute Gasteiger partial charge is 0.342 e. The van der Waals surface area contributed by atoms with E-state index in [0.29, 0.717) is 27.7 Å². The average Bonchev–Trinajstić information content (AvgIpc) is 2.84. The molecule has 0 saturated heterocycles. The van der Waals surface area contributed by atoms with Crippen LogP contribution in [0.2, 0.25) is 0 Å². The molecule has 0 amide bonds. The van der Waals surface area contributed by atoms with Gasteiger partial charge in [-0.05, 0) is 28.9 Å². The zero-order chi connectivity index (χ0) is 17.1. The van der Waals surface area contributed by atoms with E-state index < -0.39 is 5.97 Å². The van der Waals surface area contributed by atoms with Crippen LogP contribution in [0.1, 0.15) is 36.9 Å². The number of hydrogen-bond acceptors (Lipinski definition) is 6. The molecule has 2 rings (SSSR count). The number of phenolic OH excluding ortho intramolecular Hbond substituents is 1. The van der Waals surface area contributed by atoms with Gasteiger partial charge in [0.1, 0.15) is 16.9 Å². The normalized spacial score (nSPS) is 11.2. The van der Waals surface area contributed by atoms with E-state index in [0.717, 1.165) is 0 Å². The fraction of sp³-hybridized carbons (Fsp3) is 0.438. The number of fused-ring (bicyclic) bond motifs is 1. The molecule has 0 fully saturated rings. The number of aromatic hydroxyl groups is 1.